The molecule has 0 spiro atoms. The van der Waals surface area contributed by atoms with E-state index in [-0.39, 0.29) is 19.4 Å². The smallest absolute Gasteiger partial charge is 0.459 e. The van der Waals surface area contributed by atoms with E-state index in [1.807, 2.05) is 0 Å². The van der Waals surface area contributed by atoms with Gasteiger partial charge < -0.3 is 14.6 Å². The van der Waals surface area contributed by atoms with E-state index >= 15 is 0 Å². The van der Waals surface area contributed by atoms with Crippen LogP contribution >= 0.6 is 0 Å². The Morgan fingerprint density at radius 2 is 2.03 bits per heavy atom. The number of nitrogens with one attached hydrogen (secondary N) is 1. The summed E-state index contributed by atoms with van der Waals surface area (Å²) in [4.78, 5) is 29.8. The molecule has 2 aliphatic heterocycles. The van der Waals surface area contributed by atoms with Crippen LogP contribution in [-0.2, 0) is 28.6 Å². The van der Waals surface area contributed by atoms with Crippen LogP contribution in [0.1, 0.15) is 43.0 Å². The first-order valence-electron chi connectivity index (χ1n) is 10.9. The van der Waals surface area contributed by atoms with Crippen molar-refractivity contribution in [1.29, 1.82) is 0 Å². The second-order valence-corrected chi connectivity index (χ2v) is 10.9. The molecule has 12 heteroatoms. The van der Waals surface area contributed by atoms with Gasteiger partial charge in [-0.1, -0.05) is 25.1 Å². The first kappa shape index (κ1) is 23.2. The van der Waals surface area contributed by atoms with Crippen LogP contribution in [0.4, 0.5) is 13.2 Å². The van der Waals surface area contributed by atoms with Crippen LogP contribution in [0.2, 0.25) is 0 Å². The van der Waals surface area contributed by atoms with Gasteiger partial charge in [0.1, 0.15) is 12.7 Å². The third-order valence-corrected chi connectivity index (χ3v) is 8.19. The number of hydrogen-bond acceptors (Lipinski definition) is 6. The maximum absolute atomic E-state index is 13.7. The summed E-state index contributed by atoms with van der Waals surface area (Å²) in [6.07, 6.45) is -5.02. The summed E-state index contributed by atoms with van der Waals surface area (Å²) in [5, 5.41) is 0.686. The molecule has 0 radical (unpaired) electrons. The SMILES string of the molecule is CCC12CN(C(=O)C(F)(F)F)C3CC1C(C(=O)OC2COS(C)(=O)=O)c1c3[nH]c2ccccc12. The van der Waals surface area contributed by atoms with Crippen LogP contribution in [0.5, 0.6) is 0 Å². The Balaban J connectivity index is 1.71. The molecule has 2 fully saturated rings. The molecule has 1 aromatic carbocycles. The van der Waals surface area contributed by atoms with E-state index in [0.717, 1.165) is 11.2 Å². The Morgan fingerprint density at radius 1 is 1.32 bits per heavy atom. The highest BCUT2D eigenvalue weighted by Crippen LogP contribution is 2.62. The van der Waals surface area contributed by atoms with Crippen molar-refractivity contribution in [2.24, 2.45) is 11.3 Å². The van der Waals surface area contributed by atoms with Gasteiger partial charge in [0.2, 0.25) is 0 Å². The largest absolute Gasteiger partial charge is 0.471 e. The molecule has 3 heterocycles. The summed E-state index contributed by atoms with van der Waals surface area (Å²) in [5.41, 5.74) is 0.489. The van der Waals surface area contributed by atoms with Gasteiger partial charge in [-0.3, -0.25) is 13.8 Å². The molecule has 1 aliphatic carbocycles. The molecule has 1 amide bonds. The molecule has 2 bridgehead atoms. The molecule has 1 aromatic heterocycles. The Kier molecular flexibility index (Phi) is 5.07. The molecule has 1 N–H and O–H groups in total. The number of esters is 1. The fraction of sp³-hybridized carbons (Fsp3) is 0.545. The number of hydrogen-bond donors (Lipinski definition) is 1. The van der Waals surface area contributed by atoms with Gasteiger partial charge in [-0.15, -0.1) is 0 Å². The van der Waals surface area contributed by atoms with Gasteiger partial charge in [0.15, 0.2) is 0 Å². The van der Waals surface area contributed by atoms with Crippen molar-refractivity contribution >= 4 is 32.9 Å². The molecular formula is C22H23F3N2O6S. The number of piperidine rings is 1. The zero-order chi connectivity index (χ0) is 24.6. The number of cyclic esters (lactones) is 1. The van der Waals surface area contributed by atoms with Crippen LogP contribution in [0, 0.1) is 11.3 Å². The summed E-state index contributed by atoms with van der Waals surface area (Å²) < 4.78 is 74.9. The average Bonchev–Trinajstić information content (AvgIpc) is 3.15. The molecule has 5 rings (SSSR count). The molecule has 5 atom stereocenters. The number of nitrogens with zero attached hydrogens (tertiary/aromatic N) is 1. The Bertz CT molecular complexity index is 1290. The molecule has 2 saturated heterocycles. The van der Waals surface area contributed by atoms with E-state index < -0.39 is 64.2 Å². The molecule has 5 unspecified atom stereocenters. The lowest BCUT2D eigenvalue weighted by Crippen LogP contribution is -2.66. The fourth-order valence-electron chi connectivity index (χ4n) is 6.19. The maximum Gasteiger partial charge on any atom is 0.471 e. The molecule has 3 aliphatic rings. The monoisotopic (exact) mass is 500 g/mol. The second kappa shape index (κ2) is 7.45. The van der Waals surface area contributed by atoms with Crippen LogP contribution in [0.15, 0.2) is 24.3 Å². The lowest BCUT2D eigenvalue weighted by atomic mass is 9.54. The van der Waals surface area contributed by atoms with Crippen molar-refractivity contribution in [3.8, 4) is 0 Å². The number of rotatable bonds is 4. The van der Waals surface area contributed by atoms with Crippen LogP contribution in [0.25, 0.3) is 10.9 Å². The van der Waals surface area contributed by atoms with Gasteiger partial charge in [0, 0.05) is 28.6 Å². The molecule has 8 nitrogen and oxygen atoms in total. The number of alkyl halides is 3. The molecular weight excluding hydrogens is 477 g/mol. The maximum atomic E-state index is 13.7. The van der Waals surface area contributed by atoms with Gasteiger partial charge >= 0.3 is 18.1 Å². The molecule has 184 valence electrons. The van der Waals surface area contributed by atoms with Crippen LogP contribution < -0.4 is 0 Å². The number of amides is 1. The van der Waals surface area contributed by atoms with E-state index in [4.69, 9.17) is 8.92 Å². The highest BCUT2D eigenvalue weighted by atomic mass is 32.2. The summed E-state index contributed by atoms with van der Waals surface area (Å²) in [5.74, 6) is -3.76. The van der Waals surface area contributed by atoms with Crippen LogP contribution in [0.3, 0.4) is 0 Å². The third-order valence-electron chi connectivity index (χ3n) is 7.63. The summed E-state index contributed by atoms with van der Waals surface area (Å²) in [6, 6.07) is 6.17. The van der Waals surface area contributed by atoms with Gasteiger partial charge in [0.05, 0.1) is 18.2 Å². The zero-order valence-electron chi connectivity index (χ0n) is 18.4. The van der Waals surface area contributed by atoms with E-state index in [1.54, 1.807) is 31.2 Å². The quantitative estimate of drug-likeness (QED) is 0.511. The fourth-order valence-corrected chi connectivity index (χ4v) is 6.56. The van der Waals surface area contributed by atoms with Crippen molar-refractivity contribution in [2.75, 3.05) is 19.4 Å². The number of aromatic amines is 1. The number of fused-ring (bicyclic) bond motifs is 6. The number of H-pyrrole nitrogens is 1. The minimum absolute atomic E-state index is 0.116. The number of benzene rings is 1. The summed E-state index contributed by atoms with van der Waals surface area (Å²) >= 11 is 0. The lowest BCUT2D eigenvalue weighted by Gasteiger charge is -2.60. The summed E-state index contributed by atoms with van der Waals surface area (Å²) in [7, 11) is -3.90. The number of carbonyl (C=O) groups excluding carboxylic acids is 2. The van der Waals surface area contributed by atoms with E-state index in [0.29, 0.717) is 22.2 Å². The first-order valence-corrected chi connectivity index (χ1v) is 12.7. The standard InChI is InChI=1S/C22H23F3N2O6S/c1-3-21-10-27(20(29)22(23,24)25)14-8-12(21)17(19(28)33-15(21)9-32-34(2,30)31)16-11-6-4-5-7-13(11)26-18(14)16/h4-7,12,14-15,17,26H,3,8-10H2,1-2H3. The van der Waals surface area contributed by atoms with Gasteiger partial charge in [0.25, 0.3) is 10.1 Å². The minimum Gasteiger partial charge on any atom is -0.459 e. The first-order chi connectivity index (χ1) is 15.9. The van der Waals surface area contributed by atoms with Gasteiger partial charge in [-0.2, -0.15) is 21.6 Å². The highest BCUT2D eigenvalue weighted by Gasteiger charge is 2.65. The number of likely N-dealkylation sites (tertiary alicyclic amines) is 1. The topological polar surface area (TPSA) is 106 Å². The van der Waals surface area contributed by atoms with E-state index in [1.165, 1.54) is 0 Å². The van der Waals surface area contributed by atoms with Gasteiger partial charge in [-0.05, 0) is 30.4 Å². The summed E-state index contributed by atoms with van der Waals surface area (Å²) in [6.45, 7) is 0.875. The van der Waals surface area contributed by atoms with Crippen molar-refractivity contribution in [3.63, 3.8) is 0 Å². The average molecular weight is 500 g/mol. The Morgan fingerprint density at radius 3 is 2.68 bits per heavy atom. The number of aromatic nitrogens is 1. The zero-order valence-corrected chi connectivity index (χ0v) is 19.2. The second-order valence-electron chi connectivity index (χ2n) is 9.27. The van der Waals surface area contributed by atoms with Crippen molar-refractivity contribution in [1.82, 2.24) is 9.88 Å². The predicted molar refractivity (Wildman–Crippen MR) is 113 cm³/mol. The van der Waals surface area contributed by atoms with Crippen molar-refractivity contribution in [3.05, 3.63) is 35.5 Å². The van der Waals surface area contributed by atoms with E-state index in [9.17, 15) is 31.2 Å². The Labute approximate surface area is 193 Å². The number of para-hydroxylation sites is 1. The van der Waals surface area contributed by atoms with Crippen molar-refractivity contribution in [2.45, 2.75) is 44.0 Å². The van der Waals surface area contributed by atoms with Crippen LogP contribution in [-0.4, -0.2) is 61.9 Å². The van der Waals surface area contributed by atoms with Crippen molar-refractivity contribution < 1.29 is 40.1 Å². The number of ether oxygens (including phenoxy) is 1. The number of carbonyl (C=O) groups is 2. The van der Waals surface area contributed by atoms with Gasteiger partial charge in [-0.25, -0.2) is 0 Å². The Hall–Kier alpha value is -2.60. The third kappa shape index (κ3) is 3.33. The van der Waals surface area contributed by atoms with E-state index in [2.05, 4.69) is 4.98 Å². The highest BCUT2D eigenvalue weighted by molar-refractivity contribution is 7.85. The minimum atomic E-state index is -5.10. The normalized spacial score (nSPS) is 30.7. The number of halogens is 3. The predicted octanol–water partition coefficient (Wildman–Crippen LogP) is 3.02. The molecule has 0 saturated carbocycles. The lowest BCUT2D eigenvalue weighted by molar-refractivity contribution is -0.216. The molecule has 34 heavy (non-hydrogen) atoms. The molecule has 2 aromatic rings.